The number of rotatable bonds is 11. The molecule has 0 aliphatic carbocycles. The third-order valence-electron chi connectivity index (χ3n) is 11.0. The Morgan fingerprint density at radius 1 is 0.936 bits per heavy atom. The highest BCUT2D eigenvalue weighted by molar-refractivity contribution is 5.95. The molecule has 244 valence electrons. The van der Waals surface area contributed by atoms with Crippen LogP contribution < -0.4 is 5.32 Å². The summed E-state index contributed by atoms with van der Waals surface area (Å²) in [7, 11) is 0. The zero-order valence-electron chi connectivity index (χ0n) is 28.8. The number of aromatic nitrogens is 2. The second-order valence-corrected chi connectivity index (χ2v) is 14.9. The van der Waals surface area contributed by atoms with Gasteiger partial charge in [-0.15, -0.1) is 0 Å². The first-order valence-corrected chi connectivity index (χ1v) is 17.8. The van der Waals surface area contributed by atoms with Crippen LogP contribution >= 0.6 is 0 Å². The van der Waals surface area contributed by atoms with Gasteiger partial charge in [0, 0.05) is 47.3 Å². The number of pyridine rings is 1. The van der Waals surface area contributed by atoms with Gasteiger partial charge in [-0.2, -0.15) is 0 Å². The molecule has 0 radical (unpaired) electrons. The van der Waals surface area contributed by atoms with E-state index in [1.54, 1.807) is 0 Å². The number of hydrogen-bond acceptors (Lipinski definition) is 3. The van der Waals surface area contributed by atoms with Crippen LogP contribution in [0.15, 0.2) is 73.1 Å². The molecule has 7 rings (SSSR count). The molecule has 2 aliphatic rings. The van der Waals surface area contributed by atoms with Crippen molar-refractivity contribution in [3.05, 3.63) is 101 Å². The average molecular weight is 627 g/mol. The van der Waals surface area contributed by atoms with Gasteiger partial charge in [0.2, 0.25) is 5.91 Å². The fourth-order valence-electron chi connectivity index (χ4n) is 8.52. The summed E-state index contributed by atoms with van der Waals surface area (Å²) in [5, 5.41) is 7.56. The third-order valence-corrected chi connectivity index (χ3v) is 11.0. The molecule has 2 saturated heterocycles. The fraction of sp³-hybridized carbons (Fsp3) is 0.429. The first kappa shape index (κ1) is 31.6. The van der Waals surface area contributed by atoms with Crippen LogP contribution in [0.25, 0.3) is 32.9 Å². The van der Waals surface area contributed by atoms with E-state index in [0.717, 1.165) is 69.1 Å². The number of nitrogens with zero attached hydrogens (tertiary/aromatic N) is 2. The minimum Gasteiger partial charge on any atom is -0.354 e. The summed E-state index contributed by atoms with van der Waals surface area (Å²) in [6.07, 6.45) is 11.9. The van der Waals surface area contributed by atoms with Gasteiger partial charge in [0.1, 0.15) is 0 Å². The van der Waals surface area contributed by atoms with Crippen LogP contribution in [0.2, 0.25) is 0 Å². The predicted molar refractivity (Wildman–Crippen MR) is 195 cm³/mol. The Labute approximate surface area is 280 Å². The van der Waals surface area contributed by atoms with E-state index in [1.807, 2.05) is 12.4 Å². The molecule has 0 unspecified atom stereocenters. The summed E-state index contributed by atoms with van der Waals surface area (Å²) in [4.78, 5) is 24.6. The first-order chi connectivity index (χ1) is 22.7. The summed E-state index contributed by atoms with van der Waals surface area (Å²) in [5.41, 5.74) is 9.31. The number of carbonyl (C=O) groups excluding carboxylic acids is 1. The molecular weight excluding hydrogens is 576 g/mol. The highest BCUT2D eigenvalue weighted by Gasteiger charge is 2.47. The van der Waals surface area contributed by atoms with E-state index >= 15 is 0 Å². The van der Waals surface area contributed by atoms with Gasteiger partial charge < -0.3 is 15.2 Å². The maximum atomic E-state index is 14.1. The molecule has 0 saturated carbocycles. The Kier molecular flexibility index (Phi) is 8.69. The SMILES string of the molecule is Cc1cc(C)cc(-c2[nH]c3ccc(C(C)(C)C(=O)N4C5CCC4CC5)cc3c2[C@H](C)CNCCCCc2cncc3ccccc23)c1. The zero-order chi connectivity index (χ0) is 32.7. The van der Waals surface area contributed by atoms with E-state index in [1.165, 1.54) is 49.7 Å². The number of amides is 1. The van der Waals surface area contributed by atoms with E-state index in [9.17, 15) is 4.79 Å². The van der Waals surface area contributed by atoms with E-state index < -0.39 is 5.41 Å². The molecule has 2 fully saturated rings. The summed E-state index contributed by atoms with van der Waals surface area (Å²) < 4.78 is 0. The molecule has 47 heavy (non-hydrogen) atoms. The maximum absolute atomic E-state index is 14.1. The van der Waals surface area contributed by atoms with Gasteiger partial charge in [-0.25, -0.2) is 0 Å². The average Bonchev–Trinajstić information content (AvgIpc) is 3.78. The highest BCUT2D eigenvalue weighted by Crippen LogP contribution is 2.43. The Hall–Kier alpha value is -3.96. The van der Waals surface area contributed by atoms with Gasteiger partial charge >= 0.3 is 0 Å². The molecule has 1 atom stereocenters. The zero-order valence-corrected chi connectivity index (χ0v) is 28.8. The van der Waals surface area contributed by atoms with Crippen molar-refractivity contribution in [2.75, 3.05) is 13.1 Å². The van der Waals surface area contributed by atoms with Crippen LogP contribution in [-0.2, 0) is 16.6 Å². The standard InChI is InChI=1S/C42H50N4O/c1-27-20-28(2)22-32(21-27)40-39(29(3)24-43-19-9-8-11-31-26-44-25-30-10-6-7-12-36(30)31)37-23-33(13-18-38(37)45-40)42(4,5)41(47)46-34-14-15-35(46)17-16-34/h6-7,10,12-13,18,20-23,25-26,29,34-35,43,45H,8-9,11,14-17,19,24H2,1-5H3/t29-,34?,35?/m1/s1. The normalized spacial score (nSPS) is 18.4. The van der Waals surface area contributed by atoms with Gasteiger partial charge in [-0.3, -0.25) is 9.78 Å². The number of carbonyl (C=O) groups is 1. The lowest BCUT2D eigenvalue weighted by Gasteiger charge is -2.33. The molecule has 5 nitrogen and oxygen atoms in total. The number of aryl methyl sites for hydroxylation is 3. The minimum absolute atomic E-state index is 0.283. The van der Waals surface area contributed by atoms with Crippen LogP contribution in [0.5, 0.6) is 0 Å². The molecule has 4 heterocycles. The van der Waals surface area contributed by atoms with Gasteiger partial charge in [-0.1, -0.05) is 54.4 Å². The molecule has 2 aliphatic heterocycles. The number of nitrogens with one attached hydrogen (secondary N) is 2. The van der Waals surface area contributed by atoms with Crippen molar-refractivity contribution >= 4 is 27.6 Å². The Bertz CT molecular complexity index is 1870. The van der Waals surface area contributed by atoms with Gasteiger partial charge in [-0.05, 0) is 137 Å². The molecule has 3 aromatic carbocycles. The number of aromatic amines is 1. The summed E-state index contributed by atoms with van der Waals surface area (Å²) in [6.45, 7) is 12.8. The van der Waals surface area contributed by atoms with Crippen molar-refractivity contribution in [2.24, 2.45) is 0 Å². The summed E-state index contributed by atoms with van der Waals surface area (Å²) in [6, 6.07) is 22.9. The van der Waals surface area contributed by atoms with Crippen molar-refractivity contribution < 1.29 is 4.79 Å². The van der Waals surface area contributed by atoms with Crippen molar-refractivity contribution in [1.82, 2.24) is 20.2 Å². The number of benzene rings is 3. The second kappa shape index (κ2) is 12.9. The van der Waals surface area contributed by atoms with Gasteiger partial charge in [0.15, 0.2) is 0 Å². The smallest absolute Gasteiger partial charge is 0.233 e. The molecule has 2 N–H and O–H groups in total. The number of unbranched alkanes of at least 4 members (excludes halogenated alkanes) is 1. The number of fused-ring (bicyclic) bond motifs is 4. The summed E-state index contributed by atoms with van der Waals surface area (Å²) >= 11 is 0. The van der Waals surface area contributed by atoms with Crippen LogP contribution in [0, 0.1) is 13.8 Å². The number of H-pyrrole nitrogens is 1. The topological polar surface area (TPSA) is 61.0 Å². The molecule has 2 aromatic heterocycles. The van der Waals surface area contributed by atoms with Crippen LogP contribution in [-0.4, -0.2) is 45.9 Å². The van der Waals surface area contributed by atoms with Crippen LogP contribution in [0.1, 0.15) is 93.0 Å². The lowest BCUT2D eigenvalue weighted by atomic mass is 9.81. The largest absolute Gasteiger partial charge is 0.354 e. The molecule has 5 aromatic rings. The van der Waals surface area contributed by atoms with Crippen molar-refractivity contribution in [1.29, 1.82) is 0 Å². The Morgan fingerprint density at radius 3 is 2.40 bits per heavy atom. The van der Waals surface area contributed by atoms with Crippen molar-refractivity contribution in [2.45, 2.75) is 103 Å². The molecule has 1 amide bonds. The molecular formula is C42H50N4O. The van der Waals surface area contributed by atoms with E-state index in [4.69, 9.17) is 0 Å². The summed E-state index contributed by atoms with van der Waals surface area (Å²) in [5.74, 6) is 0.577. The Balaban J connectivity index is 1.11. The van der Waals surface area contributed by atoms with E-state index in [2.05, 4.69) is 115 Å². The van der Waals surface area contributed by atoms with Crippen LogP contribution in [0.3, 0.4) is 0 Å². The highest BCUT2D eigenvalue weighted by atomic mass is 16.2. The first-order valence-electron chi connectivity index (χ1n) is 17.8. The van der Waals surface area contributed by atoms with E-state index in [0.29, 0.717) is 18.0 Å². The predicted octanol–water partition coefficient (Wildman–Crippen LogP) is 9.15. The quantitative estimate of drug-likeness (QED) is 0.144. The van der Waals surface area contributed by atoms with Gasteiger partial charge in [0.25, 0.3) is 0 Å². The molecule has 2 bridgehead atoms. The molecule has 0 spiro atoms. The van der Waals surface area contributed by atoms with E-state index in [-0.39, 0.29) is 5.92 Å². The van der Waals surface area contributed by atoms with Crippen molar-refractivity contribution in [3.8, 4) is 11.3 Å². The molecule has 5 heteroatoms. The lowest BCUT2D eigenvalue weighted by Crippen LogP contribution is -2.45. The Morgan fingerprint density at radius 2 is 1.66 bits per heavy atom. The minimum atomic E-state index is -0.574. The monoisotopic (exact) mass is 626 g/mol. The third kappa shape index (κ3) is 6.11. The maximum Gasteiger partial charge on any atom is 0.233 e. The number of hydrogen-bond donors (Lipinski definition) is 2. The van der Waals surface area contributed by atoms with Gasteiger partial charge in [0.05, 0.1) is 11.1 Å². The fourth-order valence-corrected chi connectivity index (χ4v) is 8.52. The lowest BCUT2D eigenvalue weighted by molar-refractivity contribution is -0.137. The second-order valence-electron chi connectivity index (χ2n) is 14.9. The van der Waals surface area contributed by atoms with Crippen molar-refractivity contribution in [3.63, 3.8) is 0 Å². The van der Waals surface area contributed by atoms with Crippen LogP contribution in [0.4, 0.5) is 0 Å².